The zero-order valence-electron chi connectivity index (χ0n) is 13.9. The minimum absolute atomic E-state index is 0.00811. The molecule has 0 saturated heterocycles. The Balaban J connectivity index is 1.61. The molecule has 1 aliphatic heterocycles. The summed E-state index contributed by atoms with van der Waals surface area (Å²) in [4.78, 5) is 42.7. The quantitative estimate of drug-likeness (QED) is 0.666. The molecule has 0 radical (unpaired) electrons. The Bertz CT molecular complexity index is 1140. The van der Waals surface area contributed by atoms with Gasteiger partial charge in [0, 0.05) is 37.3 Å². The van der Waals surface area contributed by atoms with Gasteiger partial charge < -0.3 is 4.57 Å². The molecule has 0 atom stereocenters. The van der Waals surface area contributed by atoms with Crippen molar-refractivity contribution in [3.63, 3.8) is 0 Å². The van der Waals surface area contributed by atoms with Crippen LogP contribution in [0.25, 0.3) is 10.9 Å². The maximum atomic E-state index is 12.6. The molecule has 3 heterocycles. The first kappa shape index (κ1) is 16.5. The highest BCUT2D eigenvalue weighted by molar-refractivity contribution is 6.37. The Kier molecular flexibility index (Phi) is 3.85. The zero-order valence-corrected chi connectivity index (χ0v) is 14.7. The van der Waals surface area contributed by atoms with Crippen molar-refractivity contribution in [3.8, 4) is 0 Å². The second kappa shape index (κ2) is 6.07. The van der Waals surface area contributed by atoms with E-state index in [1.807, 2.05) is 36.4 Å². The van der Waals surface area contributed by atoms with Crippen molar-refractivity contribution in [1.29, 1.82) is 0 Å². The van der Waals surface area contributed by atoms with Crippen LogP contribution in [0.4, 0.5) is 0 Å². The molecule has 130 valence electrons. The molecule has 6 nitrogen and oxygen atoms in total. The van der Waals surface area contributed by atoms with Gasteiger partial charge in [0.1, 0.15) is 5.02 Å². The summed E-state index contributed by atoms with van der Waals surface area (Å²) in [5.41, 5.74) is 1.30. The van der Waals surface area contributed by atoms with E-state index in [0.29, 0.717) is 6.42 Å². The predicted octanol–water partition coefficient (Wildman–Crippen LogP) is 2.43. The molecular weight excluding hydrogens is 354 g/mol. The lowest BCUT2D eigenvalue weighted by molar-refractivity contribution is 0.0656. The third-order valence-corrected chi connectivity index (χ3v) is 4.85. The fraction of sp³-hybridized carbons (Fsp3) is 0.158. The number of amides is 2. The summed E-state index contributed by atoms with van der Waals surface area (Å²) >= 11 is 6.01. The Hall–Kier alpha value is -2.99. The fourth-order valence-electron chi connectivity index (χ4n) is 3.12. The lowest BCUT2D eigenvalue weighted by Gasteiger charge is -2.13. The summed E-state index contributed by atoms with van der Waals surface area (Å²) in [5.74, 6) is -0.975. The summed E-state index contributed by atoms with van der Waals surface area (Å²) < 4.78 is 1.21. The Morgan fingerprint density at radius 1 is 1.04 bits per heavy atom. The molecule has 1 aromatic carbocycles. The molecule has 26 heavy (non-hydrogen) atoms. The van der Waals surface area contributed by atoms with Gasteiger partial charge in [0.25, 0.3) is 17.4 Å². The number of carbonyl (C=O) groups excluding carboxylic acids is 2. The van der Waals surface area contributed by atoms with E-state index < -0.39 is 17.4 Å². The van der Waals surface area contributed by atoms with Crippen LogP contribution >= 0.6 is 11.6 Å². The van der Waals surface area contributed by atoms with Gasteiger partial charge in [-0.2, -0.15) is 0 Å². The molecular formula is C19H14ClN3O3. The van der Waals surface area contributed by atoms with Crippen LogP contribution in [0.1, 0.15) is 26.4 Å². The third kappa shape index (κ3) is 2.50. The van der Waals surface area contributed by atoms with Crippen LogP contribution in [-0.2, 0) is 13.5 Å². The van der Waals surface area contributed by atoms with E-state index >= 15 is 0 Å². The molecule has 2 aromatic heterocycles. The second-order valence-corrected chi connectivity index (χ2v) is 6.53. The van der Waals surface area contributed by atoms with Crippen molar-refractivity contribution < 1.29 is 9.59 Å². The maximum absolute atomic E-state index is 12.6. The van der Waals surface area contributed by atoms with Crippen LogP contribution in [0.5, 0.6) is 0 Å². The van der Waals surface area contributed by atoms with E-state index in [1.54, 1.807) is 0 Å². The van der Waals surface area contributed by atoms with Gasteiger partial charge in [0.05, 0.1) is 16.6 Å². The van der Waals surface area contributed by atoms with Crippen molar-refractivity contribution in [2.45, 2.75) is 6.42 Å². The van der Waals surface area contributed by atoms with Crippen LogP contribution in [0.3, 0.4) is 0 Å². The molecule has 4 rings (SSSR count). The Morgan fingerprint density at radius 3 is 2.62 bits per heavy atom. The second-order valence-electron chi connectivity index (χ2n) is 6.16. The van der Waals surface area contributed by atoms with Crippen LogP contribution < -0.4 is 5.56 Å². The summed E-state index contributed by atoms with van der Waals surface area (Å²) in [7, 11) is 1.49. The minimum atomic E-state index is -0.534. The summed E-state index contributed by atoms with van der Waals surface area (Å²) in [5, 5.41) is 0.814. The summed E-state index contributed by atoms with van der Waals surface area (Å²) in [6, 6.07) is 11.6. The van der Waals surface area contributed by atoms with E-state index in [4.69, 9.17) is 11.6 Å². The number of carbonyl (C=O) groups is 2. The Morgan fingerprint density at radius 2 is 1.81 bits per heavy atom. The Labute approximate surface area is 153 Å². The number of fused-ring (bicyclic) bond motifs is 2. The number of pyridine rings is 2. The molecule has 3 aromatic rings. The molecule has 1 aliphatic rings. The standard InChI is InChI=1S/C19H14ClN3O3/c1-22-10-13-15(16(20)19(22)26)18(25)23(17(13)24)9-8-12-7-6-11-4-2-3-5-14(11)21-12/h2-7,10H,8-9H2,1H3. The fourth-order valence-corrected chi connectivity index (χ4v) is 3.43. The van der Waals surface area contributed by atoms with Gasteiger partial charge in [0.15, 0.2) is 0 Å². The maximum Gasteiger partial charge on any atom is 0.269 e. The van der Waals surface area contributed by atoms with Crippen LogP contribution in [-0.4, -0.2) is 32.8 Å². The summed E-state index contributed by atoms with van der Waals surface area (Å²) in [6.07, 6.45) is 1.78. The molecule has 0 saturated carbocycles. The summed E-state index contributed by atoms with van der Waals surface area (Å²) in [6.45, 7) is 0.173. The molecule has 0 fully saturated rings. The molecule has 0 spiro atoms. The van der Waals surface area contributed by atoms with Crippen molar-refractivity contribution >= 4 is 34.3 Å². The average molecular weight is 368 g/mol. The highest BCUT2D eigenvalue weighted by Crippen LogP contribution is 2.27. The molecule has 7 heteroatoms. The SMILES string of the molecule is Cn1cc2c(c(Cl)c1=O)C(=O)N(CCc1ccc3ccccc3n1)C2=O. The minimum Gasteiger partial charge on any atom is -0.316 e. The average Bonchev–Trinajstić information content (AvgIpc) is 2.88. The van der Waals surface area contributed by atoms with Crippen molar-refractivity contribution in [2.24, 2.45) is 7.05 Å². The zero-order chi connectivity index (χ0) is 18.4. The molecule has 2 amide bonds. The largest absolute Gasteiger partial charge is 0.316 e. The predicted molar refractivity (Wildman–Crippen MR) is 97.5 cm³/mol. The van der Waals surface area contributed by atoms with E-state index in [-0.39, 0.29) is 22.7 Å². The van der Waals surface area contributed by atoms with Gasteiger partial charge in [-0.15, -0.1) is 0 Å². The third-order valence-electron chi connectivity index (χ3n) is 4.50. The number of hydrogen-bond donors (Lipinski definition) is 0. The number of benzene rings is 1. The van der Waals surface area contributed by atoms with Gasteiger partial charge in [-0.25, -0.2) is 0 Å². The number of aromatic nitrogens is 2. The highest BCUT2D eigenvalue weighted by Gasteiger charge is 2.38. The monoisotopic (exact) mass is 367 g/mol. The first-order valence-corrected chi connectivity index (χ1v) is 8.45. The molecule has 0 aliphatic carbocycles. The van der Waals surface area contributed by atoms with Crippen molar-refractivity contribution in [1.82, 2.24) is 14.5 Å². The van der Waals surface area contributed by atoms with Crippen LogP contribution in [0, 0.1) is 0 Å². The van der Waals surface area contributed by atoms with Crippen LogP contribution in [0.2, 0.25) is 5.02 Å². The molecule has 0 unspecified atom stereocenters. The number of imide groups is 1. The van der Waals surface area contributed by atoms with Gasteiger partial charge >= 0.3 is 0 Å². The van der Waals surface area contributed by atoms with Gasteiger partial charge in [-0.05, 0) is 12.1 Å². The first-order valence-electron chi connectivity index (χ1n) is 8.07. The lowest BCUT2D eigenvalue weighted by atomic mass is 10.2. The van der Waals surface area contributed by atoms with E-state index in [1.165, 1.54) is 17.8 Å². The molecule has 0 N–H and O–H groups in total. The number of hydrogen-bond acceptors (Lipinski definition) is 4. The number of para-hydroxylation sites is 1. The number of halogens is 1. The van der Waals surface area contributed by atoms with E-state index in [0.717, 1.165) is 21.5 Å². The highest BCUT2D eigenvalue weighted by atomic mass is 35.5. The number of rotatable bonds is 3. The van der Waals surface area contributed by atoms with Gasteiger partial charge in [-0.3, -0.25) is 24.3 Å². The topological polar surface area (TPSA) is 72.3 Å². The molecule has 0 bridgehead atoms. The van der Waals surface area contributed by atoms with Crippen LogP contribution in [0.15, 0.2) is 47.4 Å². The number of aryl methyl sites for hydroxylation is 1. The van der Waals surface area contributed by atoms with Gasteiger partial charge in [0.2, 0.25) is 0 Å². The number of nitrogens with zero attached hydrogens (tertiary/aromatic N) is 3. The van der Waals surface area contributed by atoms with Crippen molar-refractivity contribution in [2.75, 3.05) is 6.54 Å². The van der Waals surface area contributed by atoms with Crippen molar-refractivity contribution in [3.05, 3.63) is 74.8 Å². The smallest absolute Gasteiger partial charge is 0.269 e. The normalized spacial score (nSPS) is 13.5. The lowest BCUT2D eigenvalue weighted by Crippen LogP contribution is -2.32. The van der Waals surface area contributed by atoms with E-state index in [2.05, 4.69) is 4.98 Å². The van der Waals surface area contributed by atoms with E-state index in [9.17, 15) is 14.4 Å². The first-order chi connectivity index (χ1) is 12.5. The van der Waals surface area contributed by atoms with Gasteiger partial charge in [-0.1, -0.05) is 35.9 Å².